The van der Waals surface area contributed by atoms with E-state index in [9.17, 15) is 4.79 Å². The molecule has 1 fully saturated rings. The summed E-state index contributed by atoms with van der Waals surface area (Å²) >= 11 is 5.34. The molecule has 7 nitrogen and oxygen atoms in total. The molecule has 8 heteroatoms. The Morgan fingerprint density at radius 2 is 1.59 bits per heavy atom. The van der Waals surface area contributed by atoms with E-state index in [-0.39, 0.29) is 5.91 Å². The van der Waals surface area contributed by atoms with Crippen LogP contribution in [0.2, 0.25) is 0 Å². The van der Waals surface area contributed by atoms with Crippen molar-refractivity contribution in [1.29, 1.82) is 0 Å². The van der Waals surface area contributed by atoms with Crippen LogP contribution >= 0.6 is 12.2 Å². The zero-order chi connectivity index (χ0) is 21.2. The number of carbonyl (C=O) groups excluding carboxylic acids is 1. The molecule has 0 saturated heterocycles. The number of ether oxygens (including phenoxy) is 3. The maximum Gasteiger partial charge on any atom is 0.269 e. The van der Waals surface area contributed by atoms with Crippen molar-refractivity contribution in [2.75, 3.05) is 19.8 Å². The third kappa shape index (κ3) is 6.66. The summed E-state index contributed by atoms with van der Waals surface area (Å²) in [5.74, 6) is 1.68. The van der Waals surface area contributed by atoms with Gasteiger partial charge in [-0.2, -0.15) is 0 Å². The minimum absolute atomic E-state index is 0.334. The number of rotatable bonds is 8. The van der Waals surface area contributed by atoms with Crippen LogP contribution in [-0.4, -0.2) is 36.9 Å². The molecule has 2 rings (SSSR count). The summed E-state index contributed by atoms with van der Waals surface area (Å²) in [6.07, 6.45) is 4.74. The highest BCUT2D eigenvalue weighted by atomic mass is 32.1. The van der Waals surface area contributed by atoms with Crippen molar-refractivity contribution in [2.24, 2.45) is 5.92 Å². The first kappa shape index (κ1) is 23.1. The maximum absolute atomic E-state index is 12.7. The van der Waals surface area contributed by atoms with E-state index in [1.54, 1.807) is 12.1 Å². The molecule has 2 atom stereocenters. The number of hydrazine groups is 1. The molecule has 29 heavy (non-hydrogen) atoms. The molecule has 3 N–H and O–H groups in total. The Balaban J connectivity index is 2.05. The van der Waals surface area contributed by atoms with Crippen LogP contribution in [0.3, 0.4) is 0 Å². The van der Waals surface area contributed by atoms with Crippen molar-refractivity contribution in [1.82, 2.24) is 16.2 Å². The molecule has 0 unspecified atom stereocenters. The number of benzene rings is 1. The number of nitrogens with one attached hydrogen (secondary N) is 3. The third-order valence-corrected chi connectivity index (χ3v) is 5.11. The molecule has 0 heterocycles. The molecule has 0 bridgehead atoms. The van der Waals surface area contributed by atoms with Gasteiger partial charge in [-0.15, -0.1) is 0 Å². The van der Waals surface area contributed by atoms with Gasteiger partial charge in [-0.3, -0.25) is 15.6 Å². The van der Waals surface area contributed by atoms with Gasteiger partial charge in [0.1, 0.15) is 0 Å². The number of amides is 1. The van der Waals surface area contributed by atoms with Gasteiger partial charge in [0, 0.05) is 11.6 Å². The topological polar surface area (TPSA) is 80.9 Å². The van der Waals surface area contributed by atoms with E-state index >= 15 is 0 Å². The minimum Gasteiger partial charge on any atom is -0.490 e. The van der Waals surface area contributed by atoms with Crippen LogP contribution in [0.5, 0.6) is 17.2 Å². The standard InChI is InChI=1S/C21H33N3O4S/c1-5-26-17-12-15(13-18(27-6-2)19(17)28-7-3)20(25)23-24-21(29)22-16-11-9-8-10-14(16)4/h12-14,16H,5-11H2,1-4H3,(H,23,25)(H2,22,24,29)/t14-,16+/m0/s1. The van der Waals surface area contributed by atoms with Gasteiger partial charge < -0.3 is 19.5 Å². The lowest BCUT2D eigenvalue weighted by Gasteiger charge is -2.30. The van der Waals surface area contributed by atoms with E-state index in [0.29, 0.717) is 59.7 Å². The van der Waals surface area contributed by atoms with Gasteiger partial charge in [0.2, 0.25) is 5.75 Å². The first-order valence-electron chi connectivity index (χ1n) is 10.4. The summed E-state index contributed by atoms with van der Waals surface area (Å²) in [6, 6.07) is 3.63. The highest BCUT2D eigenvalue weighted by molar-refractivity contribution is 7.80. The van der Waals surface area contributed by atoms with E-state index in [4.69, 9.17) is 26.4 Å². The Morgan fingerprint density at radius 1 is 1.00 bits per heavy atom. The first-order chi connectivity index (χ1) is 14.0. The van der Waals surface area contributed by atoms with E-state index in [1.807, 2.05) is 20.8 Å². The van der Waals surface area contributed by atoms with Crippen LogP contribution in [0.15, 0.2) is 12.1 Å². The SMILES string of the molecule is CCOc1cc(C(=O)NNC(=S)N[C@@H]2CCCC[C@@H]2C)cc(OCC)c1OCC. The van der Waals surface area contributed by atoms with Crippen LogP contribution < -0.4 is 30.4 Å². The Bertz CT molecular complexity index is 671. The fourth-order valence-electron chi connectivity index (χ4n) is 3.44. The summed E-state index contributed by atoms with van der Waals surface area (Å²) in [5.41, 5.74) is 5.84. The molecule has 1 aromatic carbocycles. The third-order valence-electron chi connectivity index (χ3n) is 4.89. The lowest BCUT2D eigenvalue weighted by atomic mass is 9.86. The quantitative estimate of drug-likeness (QED) is 0.436. The summed E-state index contributed by atoms with van der Waals surface area (Å²) in [4.78, 5) is 12.7. The molecule has 1 aliphatic rings. The van der Waals surface area contributed by atoms with E-state index in [2.05, 4.69) is 23.1 Å². The zero-order valence-corrected chi connectivity index (χ0v) is 18.6. The van der Waals surface area contributed by atoms with Gasteiger partial charge in [-0.1, -0.05) is 19.8 Å². The molecular weight excluding hydrogens is 390 g/mol. The Labute approximate surface area is 178 Å². The van der Waals surface area contributed by atoms with E-state index in [0.717, 1.165) is 6.42 Å². The van der Waals surface area contributed by atoms with Crippen LogP contribution in [0, 0.1) is 5.92 Å². The van der Waals surface area contributed by atoms with Gasteiger partial charge in [0.25, 0.3) is 5.91 Å². The summed E-state index contributed by atoms with van der Waals surface area (Å²) < 4.78 is 17.0. The van der Waals surface area contributed by atoms with Crippen molar-refractivity contribution in [3.63, 3.8) is 0 Å². The molecule has 1 aromatic rings. The monoisotopic (exact) mass is 423 g/mol. The normalized spacial score (nSPS) is 18.5. The highest BCUT2D eigenvalue weighted by Gasteiger charge is 2.22. The van der Waals surface area contributed by atoms with Crippen molar-refractivity contribution in [3.8, 4) is 17.2 Å². The summed E-state index contributed by atoms with van der Waals surface area (Å²) in [7, 11) is 0. The fraction of sp³-hybridized carbons (Fsp3) is 0.619. The number of hydrogen-bond donors (Lipinski definition) is 3. The smallest absolute Gasteiger partial charge is 0.269 e. The fourth-order valence-corrected chi connectivity index (χ4v) is 3.64. The second-order valence-electron chi connectivity index (χ2n) is 7.02. The largest absolute Gasteiger partial charge is 0.490 e. The van der Waals surface area contributed by atoms with E-state index < -0.39 is 0 Å². The molecule has 162 valence electrons. The van der Waals surface area contributed by atoms with Crippen LogP contribution in [0.1, 0.15) is 63.7 Å². The molecule has 0 aromatic heterocycles. The summed E-state index contributed by atoms with van der Waals surface area (Å²) in [5, 5.41) is 3.72. The van der Waals surface area contributed by atoms with Gasteiger partial charge in [0.15, 0.2) is 16.6 Å². The molecule has 1 aliphatic carbocycles. The van der Waals surface area contributed by atoms with Crippen LogP contribution in [-0.2, 0) is 0 Å². The lowest BCUT2D eigenvalue weighted by molar-refractivity contribution is 0.0942. The predicted molar refractivity (Wildman–Crippen MR) is 118 cm³/mol. The van der Waals surface area contributed by atoms with Gasteiger partial charge in [-0.05, 0) is 63.9 Å². The van der Waals surface area contributed by atoms with E-state index in [1.165, 1.54) is 19.3 Å². The van der Waals surface area contributed by atoms with Crippen molar-refractivity contribution < 1.29 is 19.0 Å². The second kappa shape index (κ2) is 11.7. The first-order valence-corrected chi connectivity index (χ1v) is 10.8. The van der Waals surface area contributed by atoms with Crippen LogP contribution in [0.4, 0.5) is 0 Å². The molecule has 0 aliphatic heterocycles. The maximum atomic E-state index is 12.7. The Kier molecular flexibility index (Phi) is 9.31. The van der Waals surface area contributed by atoms with Crippen LogP contribution in [0.25, 0.3) is 0 Å². The average molecular weight is 424 g/mol. The van der Waals surface area contributed by atoms with Gasteiger partial charge >= 0.3 is 0 Å². The molecular formula is C21H33N3O4S. The van der Waals surface area contributed by atoms with Gasteiger partial charge in [-0.25, -0.2) is 0 Å². The Morgan fingerprint density at radius 3 is 2.14 bits per heavy atom. The van der Waals surface area contributed by atoms with Crippen molar-refractivity contribution in [2.45, 2.75) is 59.4 Å². The van der Waals surface area contributed by atoms with Crippen molar-refractivity contribution >= 4 is 23.2 Å². The molecule has 1 saturated carbocycles. The predicted octanol–water partition coefficient (Wildman–Crippen LogP) is 3.57. The summed E-state index contributed by atoms with van der Waals surface area (Å²) in [6.45, 7) is 9.22. The lowest BCUT2D eigenvalue weighted by Crippen LogP contribution is -2.51. The molecule has 1 amide bonds. The number of hydrogen-bond acceptors (Lipinski definition) is 5. The second-order valence-corrected chi connectivity index (χ2v) is 7.43. The molecule has 0 radical (unpaired) electrons. The van der Waals surface area contributed by atoms with Gasteiger partial charge in [0.05, 0.1) is 19.8 Å². The number of carbonyl (C=O) groups is 1. The number of thiocarbonyl (C=S) groups is 1. The molecule has 0 spiro atoms. The zero-order valence-electron chi connectivity index (χ0n) is 17.8. The Hall–Kier alpha value is -2.22. The highest BCUT2D eigenvalue weighted by Crippen LogP contribution is 2.39. The average Bonchev–Trinajstić information content (AvgIpc) is 2.70. The minimum atomic E-state index is -0.337. The van der Waals surface area contributed by atoms with Crippen molar-refractivity contribution in [3.05, 3.63) is 17.7 Å².